The van der Waals surface area contributed by atoms with Crippen molar-refractivity contribution < 1.29 is 14.1 Å². The Morgan fingerprint density at radius 2 is 1.84 bits per heavy atom. The average Bonchev–Trinajstić information content (AvgIpc) is 3.50. The molecule has 2 amide bonds. The second kappa shape index (κ2) is 8.88. The molecule has 8 nitrogen and oxygen atoms in total. The Bertz CT molecular complexity index is 1280. The molecule has 3 heterocycles. The third kappa shape index (κ3) is 4.24. The van der Waals surface area contributed by atoms with Crippen molar-refractivity contribution in [2.45, 2.75) is 31.0 Å². The number of nitrogens with one attached hydrogen (secondary N) is 2. The molecule has 0 fully saturated rings. The molecule has 1 aliphatic rings. The number of amides is 2. The number of anilines is 1. The molecule has 4 aromatic rings. The lowest BCUT2D eigenvalue weighted by Crippen LogP contribution is -2.29. The number of hydrogen-bond acceptors (Lipinski definition) is 6. The molecule has 0 spiro atoms. The van der Waals surface area contributed by atoms with E-state index in [4.69, 9.17) is 4.52 Å². The molecular formula is C23H21N5O3S. The van der Waals surface area contributed by atoms with Crippen LogP contribution in [0.15, 0.2) is 59.1 Å². The topological polar surface area (TPSA) is 102 Å². The molecule has 0 bridgehead atoms. The van der Waals surface area contributed by atoms with Crippen molar-refractivity contribution in [2.75, 3.05) is 5.32 Å². The zero-order chi connectivity index (χ0) is 21.9. The first-order valence-electron chi connectivity index (χ1n) is 10.3. The Morgan fingerprint density at radius 3 is 2.72 bits per heavy atom. The van der Waals surface area contributed by atoms with Gasteiger partial charge in [0, 0.05) is 29.0 Å². The van der Waals surface area contributed by atoms with Crippen LogP contribution in [0.3, 0.4) is 0 Å². The Morgan fingerprint density at radius 1 is 1.03 bits per heavy atom. The molecule has 0 aliphatic carbocycles. The van der Waals surface area contributed by atoms with Gasteiger partial charge in [-0.2, -0.15) is 16.9 Å². The normalized spacial score (nSPS) is 12.6. The highest BCUT2D eigenvalue weighted by molar-refractivity contribution is 7.98. The van der Waals surface area contributed by atoms with Gasteiger partial charge in [-0.15, -0.1) is 0 Å². The zero-order valence-corrected chi connectivity index (χ0v) is 18.0. The number of aromatic nitrogens is 3. The van der Waals surface area contributed by atoms with Gasteiger partial charge >= 0.3 is 0 Å². The fraction of sp³-hybridized carbons (Fsp3) is 0.217. The summed E-state index contributed by atoms with van der Waals surface area (Å²) in [5.74, 6) is 1.71. The van der Waals surface area contributed by atoms with Crippen LogP contribution in [0.1, 0.15) is 22.5 Å². The molecule has 0 saturated heterocycles. The van der Waals surface area contributed by atoms with Gasteiger partial charge in [0.05, 0.1) is 12.1 Å². The SMILES string of the molecule is O=C(Cn1nc2c(c1NC(=O)Cc1noc3ccccc13)CSC2)NCc1ccccc1. The highest BCUT2D eigenvalue weighted by Gasteiger charge is 2.25. The van der Waals surface area contributed by atoms with Crippen LogP contribution in [-0.4, -0.2) is 26.8 Å². The van der Waals surface area contributed by atoms with Crippen LogP contribution >= 0.6 is 11.8 Å². The minimum Gasteiger partial charge on any atom is -0.356 e. The van der Waals surface area contributed by atoms with E-state index < -0.39 is 0 Å². The van der Waals surface area contributed by atoms with Crippen LogP contribution in [0.5, 0.6) is 0 Å². The van der Waals surface area contributed by atoms with E-state index in [2.05, 4.69) is 20.9 Å². The van der Waals surface area contributed by atoms with Crippen molar-refractivity contribution in [1.82, 2.24) is 20.3 Å². The minimum atomic E-state index is -0.227. The quantitative estimate of drug-likeness (QED) is 0.451. The van der Waals surface area contributed by atoms with Gasteiger partial charge in [-0.3, -0.25) is 9.59 Å². The molecule has 0 unspecified atom stereocenters. The second-order valence-corrected chi connectivity index (χ2v) is 8.52. The van der Waals surface area contributed by atoms with Gasteiger partial charge in [0.2, 0.25) is 11.8 Å². The molecule has 2 aromatic carbocycles. The lowest BCUT2D eigenvalue weighted by molar-refractivity contribution is -0.122. The monoisotopic (exact) mass is 447 g/mol. The maximum absolute atomic E-state index is 12.8. The molecule has 9 heteroatoms. The summed E-state index contributed by atoms with van der Waals surface area (Å²) >= 11 is 1.74. The number of nitrogens with zero attached hydrogens (tertiary/aromatic N) is 3. The molecule has 0 radical (unpaired) electrons. The van der Waals surface area contributed by atoms with E-state index in [1.807, 2.05) is 54.6 Å². The van der Waals surface area contributed by atoms with E-state index in [1.165, 1.54) is 0 Å². The zero-order valence-electron chi connectivity index (χ0n) is 17.2. The lowest BCUT2D eigenvalue weighted by Gasteiger charge is -2.11. The number of rotatable bonds is 7. The van der Waals surface area contributed by atoms with Crippen molar-refractivity contribution >= 4 is 40.4 Å². The summed E-state index contributed by atoms with van der Waals surface area (Å²) in [4.78, 5) is 25.4. The van der Waals surface area contributed by atoms with E-state index in [9.17, 15) is 9.59 Å². The van der Waals surface area contributed by atoms with E-state index in [0.29, 0.717) is 23.6 Å². The summed E-state index contributed by atoms with van der Waals surface area (Å²) < 4.78 is 6.88. The average molecular weight is 448 g/mol. The Balaban J connectivity index is 1.29. The summed E-state index contributed by atoms with van der Waals surface area (Å²) in [7, 11) is 0. The molecule has 0 saturated carbocycles. The first-order chi connectivity index (χ1) is 15.7. The Kier molecular flexibility index (Phi) is 5.64. The highest BCUT2D eigenvalue weighted by atomic mass is 32.2. The molecule has 2 aromatic heterocycles. The van der Waals surface area contributed by atoms with E-state index in [-0.39, 0.29) is 24.8 Å². The van der Waals surface area contributed by atoms with Crippen LogP contribution in [-0.2, 0) is 40.6 Å². The van der Waals surface area contributed by atoms with Crippen LogP contribution in [0.4, 0.5) is 5.82 Å². The van der Waals surface area contributed by atoms with Gasteiger partial charge in [-0.05, 0) is 17.7 Å². The Hall–Kier alpha value is -3.59. The maximum Gasteiger partial charge on any atom is 0.242 e. The molecular weight excluding hydrogens is 426 g/mol. The molecule has 1 aliphatic heterocycles. The van der Waals surface area contributed by atoms with E-state index in [0.717, 1.165) is 33.7 Å². The summed E-state index contributed by atoms with van der Waals surface area (Å²) in [6.45, 7) is 0.477. The predicted octanol–water partition coefficient (Wildman–Crippen LogP) is 3.27. The van der Waals surface area contributed by atoms with Crippen LogP contribution in [0.25, 0.3) is 11.0 Å². The van der Waals surface area contributed by atoms with Crippen LogP contribution in [0, 0.1) is 0 Å². The van der Waals surface area contributed by atoms with Gasteiger partial charge in [-0.1, -0.05) is 47.6 Å². The number of para-hydroxylation sites is 1. The second-order valence-electron chi connectivity index (χ2n) is 7.54. The number of carbonyl (C=O) groups is 2. The molecule has 32 heavy (non-hydrogen) atoms. The summed E-state index contributed by atoms with van der Waals surface area (Å²) in [6.07, 6.45) is 0.0737. The van der Waals surface area contributed by atoms with Crippen molar-refractivity contribution in [1.29, 1.82) is 0 Å². The number of thioether (sulfide) groups is 1. The smallest absolute Gasteiger partial charge is 0.242 e. The lowest BCUT2D eigenvalue weighted by atomic mass is 10.1. The third-order valence-corrected chi connectivity index (χ3v) is 6.25. The van der Waals surface area contributed by atoms with Crippen molar-refractivity contribution in [2.24, 2.45) is 0 Å². The number of benzene rings is 2. The molecule has 5 rings (SSSR count). The van der Waals surface area contributed by atoms with Gasteiger partial charge in [0.1, 0.15) is 18.1 Å². The predicted molar refractivity (Wildman–Crippen MR) is 122 cm³/mol. The molecule has 2 N–H and O–H groups in total. The van der Waals surface area contributed by atoms with E-state index >= 15 is 0 Å². The van der Waals surface area contributed by atoms with Crippen molar-refractivity contribution in [3.05, 3.63) is 77.1 Å². The van der Waals surface area contributed by atoms with Crippen LogP contribution < -0.4 is 10.6 Å². The van der Waals surface area contributed by atoms with Gasteiger partial charge in [-0.25, -0.2) is 4.68 Å². The minimum absolute atomic E-state index is 0.0347. The van der Waals surface area contributed by atoms with E-state index in [1.54, 1.807) is 16.4 Å². The molecule has 0 atom stereocenters. The van der Waals surface area contributed by atoms with Gasteiger partial charge in [0.25, 0.3) is 0 Å². The fourth-order valence-corrected chi connectivity index (χ4v) is 4.74. The maximum atomic E-state index is 12.8. The highest BCUT2D eigenvalue weighted by Crippen LogP contribution is 2.34. The van der Waals surface area contributed by atoms with Crippen molar-refractivity contribution in [3.63, 3.8) is 0 Å². The summed E-state index contributed by atoms with van der Waals surface area (Å²) in [5, 5.41) is 15.3. The first-order valence-corrected chi connectivity index (χ1v) is 11.4. The Labute approximate surface area is 188 Å². The first kappa shape index (κ1) is 20.3. The fourth-order valence-electron chi connectivity index (χ4n) is 3.70. The molecule has 162 valence electrons. The van der Waals surface area contributed by atoms with Crippen molar-refractivity contribution in [3.8, 4) is 0 Å². The summed E-state index contributed by atoms with van der Waals surface area (Å²) in [5.41, 5.74) is 4.13. The standard InChI is InChI=1S/C23H21N5O3S/c29-21(10-18-16-8-4-5-9-20(16)31-27-18)25-23-17-13-32-14-19(17)26-28(23)12-22(30)24-11-15-6-2-1-3-7-15/h1-9H,10-14H2,(H,24,30)(H,25,29). The number of carbonyl (C=O) groups excluding carboxylic acids is 2. The summed E-state index contributed by atoms with van der Waals surface area (Å²) in [6, 6.07) is 17.2. The number of hydrogen-bond donors (Lipinski definition) is 2. The van der Waals surface area contributed by atoms with Gasteiger partial charge in [0.15, 0.2) is 5.58 Å². The largest absolute Gasteiger partial charge is 0.356 e. The van der Waals surface area contributed by atoms with Crippen LogP contribution in [0.2, 0.25) is 0 Å². The number of fused-ring (bicyclic) bond motifs is 2. The third-order valence-electron chi connectivity index (χ3n) is 5.28. The van der Waals surface area contributed by atoms with Gasteiger partial charge < -0.3 is 15.2 Å².